The van der Waals surface area contributed by atoms with Gasteiger partial charge in [0.05, 0.1) is 5.56 Å². The molecular formula is C21H25N3O. The number of rotatable bonds is 4. The summed E-state index contributed by atoms with van der Waals surface area (Å²) in [5.41, 5.74) is 3.42. The molecule has 1 fully saturated rings. The van der Waals surface area contributed by atoms with Gasteiger partial charge in [-0.1, -0.05) is 31.2 Å². The molecule has 1 aromatic heterocycles. The number of pyridine rings is 1. The van der Waals surface area contributed by atoms with Crippen molar-refractivity contribution in [2.24, 2.45) is 5.92 Å². The van der Waals surface area contributed by atoms with Crippen LogP contribution in [0.1, 0.15) is 47.2 Å². The van der Waals surface area contributed by atoms with Gasteiger partial charge in [-0.25, -0.2) is 4.98 Å². The third-order valence-electron chi connectivity index (χ3n) is 5.59. The first-order valence-electron chi connectivity index (χ1n) is 9.27. The van der Waals surface area contributed by atoms with Crippen LogP contribution in [0.25, 0.3) is 0 Å². The third kappa shape index (κ3) is 3.39. The number of benzene rings is 1. The minimum absolute atomic E-state index is 0.0318. The molecule has 1 aliphatic carbocycles. The van der Waals surface area contributed by atoms with Crippen molar-refractivity contribution in [1.29, 1.82) is 0 Å². The van der Waals surface area contributed by atoms with E-state index in [1.165, 1.54) is 24.0 Å². The highest BCUT2D eigenvalue weighted by atomic mass is 16.1. The Hall–Kier alpha value is -2.36. The van der Waals surface area contributed by atoms with Gasteiger partial charge < -0.3 is 10.2 Å². The molecule has 130 valence electrons. The van der Waals surface area contributed by atoms with Gasteiger partial charge in [-0.05, 0) is 48.4 Å². The molecule has 1 aliphatic heterocycles. The first-order chi connectivity index (χ1) is 12.2. The average Bonchev–Trinajstić information content (AvgIpc) is 2.63. The fraction of sp³-hybridized carbons (Fsp3) is 0.429. The lowest BCUT2D eigenvalue weighted by Gasteiger charge is -2.31. The number of piperidine rings is 1. The van der Waals surface area contributed by atoms with Crippen molar-refractivity contribution in [3.63, 3.8) is 0 Å². The quantitative estimate of drug-likeness (QED) is 0.931. The number of carbonyl (C=O) groups is 1. The molecule has 0 bridgehead atoms. The van der Waals surface area contributed by atoms with Gasteiger partial charge in [0, 0.05) is 31.7 Å². The zero-order valence-electron chi connectivity index (χ0n) is 14.7. The number of anilines is 1. The Morgan fingerprint density at radius 1 is 1.20 bits per heavy atom. The van der Waals surface area contributed by atoms with Crippen molar-refractivity contribution in [3.05, 3.63) is 59.3 Å². The number of hydrogen-bond acceptors (Lipinski definition) is 3. The maximum absolute atomic E-state index is 12.4. The minimum Gasteiger partial charge on any atom is -0.357 e. The number of carbonyl (C=O) groups excluding carboxylic acids is 1. The van der Waals surface area contributed by atoms with Crippen molar-refractivity contribution in [2.75, 3.05) is 24.5 Å². The minimum atomic E-state index is -0.0318. The van der Waals surface area contributed by atoms with Crippen molar-refractivity contribution in [2.45, 2.75) is 32.1 Å². The van der Waals surface area contributed by atoms with E-state index in [9.17, 15) is 4.79 Å². The number of amides is 1. The van der Waals surface area contributed by atoms with E-state index in [2.05, 4.69) is 46.4 Å². The summed E-state index contributed by atoms with van der Waals surface area (Å²) in [6.45, 7) is 5.11. The summed E-state index contributed by atoms with van der Waals surface area (Å²) in [5, 5.41) is 3.05. The lowest BCUT2D eigenvalue weighted by Crippen LogP contribution is -2.34. The second-order valence-corrected chi connectivity index (χ2v) is 7.38. The van der Waals surface area contributed by atoms with Crippen molar-refractivity contribution in [1.82, 2.24) is 10.3 Å². The Kier molecular flexibility index (Phi) is 4.43. The van der Waals surface area contributed by atoms with Gasteiger partial charge in [0.15, 0.2) is 0 Å². The molecule has 1 atom stereocenters. The molecule has 25 heavy (non-hydrogen) atoms. The number of fused-ring (bicyclic) bond motifs is 1. The fourth-order valence-corrected chi connectivity index (χ4v) is 3.81. The summed E-state index contributed by atoms with van der Waals surface area (Å²) in [5.74, 6) is 2.20. The van der Waals surface area contributed by atoms with Crippen LogP contribution in [0.3, 0.4) is 0 Å². The normalized spacial score (nSPS) is 19.9. The molecule has 2 heterocycles. The number of hydrogen-bond donors (Lipinski definition) is 1. The lowest BCUT2D eigenvalue weighted by atomic mass is 9.77. The predicted molar refractivity (Wildman–Crippen MR) is 100 cm³/mol. The lowest BCUT2D eigenvalue weighted by molar-refractivity contribution is 0.0949. The van der Waals surface area contributed by atoms with Crippen molar-refractivity contribution >= 4 is 11.7 Å². The molecule has 1 aromatic carbocycles. The molecule has 4 heteroatoms. The Morgan fingerprint density at radius 3 is 2.72 bits per heavy atom. The largest absolute Gasteiger partial charge is 0.357 e. The number of aromatic nitrogens is 1. The molecule has 4 rings (SSSR count). The molecule has 1 unspecified atom stereocenters. The predicted octanol–water partition coefficient (Wildman–Crippen LogP) is 3.39. The topological polar surface area (TPSA) is 45.2 Å². The molecule has 4 nitrogen and oxygen atoms in total. The van der Waals surface area contributed by atoms with Gasteiger partial charge in [0.25, 0.3) is 5.91 Å². The molecule has 0 radical (unpaired) electrons. The van der Waals surface area contributed by atoms with Crippen LogP contribution < -0.4 is 10.2 Å². The summed E-state index contributed by atoms with van der Waals surface area (Å²) < 4.78 is 0. The van der Waals surface area contributed by atoms with Crippen LogP contribution in [0.4, 0.5) is 5.82 Å². The van der Waals surface area contributed by atoms with Gasteiger partial charge in [-0.2, -0.15) is 0 Å². The zero-order valence-corrected chi connectivity index (χ0v) is 14.7. The van der Waals surface area contributed by atoms with E-state index in [4.69, 9.17) is 0 Å². The molecule has 1 amide bonds. The van der Waals surface area contributed by atoms with E-state index >= 15 is 0 Å². The van der Waals surface area contributed by atoms with Crippen molar-refractivity contribution in [3.8, 4) is 0 Å². The first kappa shape index (κ1) is 16.1. The van der Waals surface area contributed by atoms with Crippen LogP contribution in [-0.2, 0) is 6.42 Å². The van der Waals surface area contributed by atoms with E-state index in [0.717, 1.165) is 31.2 Å². The van der Waals surface area contributed by atoms with E-state index in [1.807, 2.05) is 12.1 Å². The molecule has 1 N–H and O–H groups in total. The number of nitrogens with zero attached hydrogens (tertiary/aromatic N) is 2. The van der Waals surface area contributed by atoms with Gasteiger partial charge in [-0.15, -0.1) is 0 Å². The first-order valence-corrected chi connectivity index (χ1v) is 9.27. The second-order valence-electron chi connectivity index (χ2n) is 7.38. The Labute approximate surface area is 149 Å². The fourth-order valence-electron chi connectivity index (χ4n) is 3.81. The van der Waals surface area contributed by atoms with E-state index in [-0.39, 0.29) is 5.91 Å². The second kappa shape index (κ2) is 6.87. The Bertz CT molecular complexity index is 748. The highest BCUT2D eigenvalue weighted by molar-refractivity contribution is 5.94. The summed E-state index contributed by atoms with van der Waals surface area (Å²) in [4.78, 5) is 19.2. The monoisotopic (exact) mass is 335 g/mol. The van der Waals surface area contributed by atoms with E-state index in [0.29, 0.717) is 18.0 Å². The van der Waals surface area contributed by atoms with E-state index in [1.54, 1.807) is 6.20 Å². The summed E-state index contributed by atoms with van der Waals surface area (Å²) in [6.07, 6.45) is 5.19. The average molecular weight is 335 g/mol. The molecule has 2 aliphatic rings. The Morgan fingerprint density at radius 2 is 2.00 bits per heavy atom. The van der Waals surface area contributed by atoms with Crippen LogP contribution in [-0.4, -0.2) is 30.5 Å². The van der Waals surface area contributed by atoms with Gasteiger partial charge in [-0.3, -0.25) is 4.79 Å². The molecule has 1 saturated heterocycles. The maximum atomic E-state index is 12.4. The van der Waals surface area contributed by atoms with Crippen LogP contribution in [0, 0.1) is 5.92 Å². The van der Waals surface area contributed by atoms with Gasteiger partial charge >= 0.3 is 0 Å². The number of nitrogens with one attached hydrogen (secondary N) is 1. The van der Waals surface area contributed by atoms with Gasteiger partial charge in [0.2, 0.25) is 0 Å². The van der Waals surface area contributed by atoms with Crippen LogP contribution in [0.15, 0.2) is 42.6 Å². The summed E-state index contributed by atoms with van der Waals surface area (Å²) >= 11 is 0. The molecule has 0 spiro atoms. The van der Waals surface area contributed by atoms with E-state index < -0.39 is 0 Å². The SMILES string of the molecule is CC1CCN(c2ccc(C(=O)NCC3Cc4ccccc43)cn2)CC1. The summed E-state index contributed by atoms with van der Waals surface area (Å²) in [6, 6.07) is 12.3. The van der Waals surface area contributed by atoms with Gasteiger partial charge in [0.1, 0.15) is 5.82 Å². The van der Waals surface area contributed by atoms with Crippen molar-refractivity contribution < 1.29 is 4.79 Å². The van der Waals surface area contributed by atoms with Crippen LogP contribution >= 0.6 is 0 Å². The zero-order chi connectivity index (χ0) is 17.2. The third-order valence-corrected chi connectivity index (χ3v) is 5.59. The maximum Gasteiger partial charge on any atom is 0.252 e. The molecule has 2 aromatic rings. The Balaban J connectivity index is 1.32. The molecular weight excluding hydrogens is 310 g/mol. The smallest absolute Gasteiger partial charge is 0.252 e. The summed E-state index contributed by atoms with van der Waals surface area (Å²) in [7, 11) is 0. The molecule has 0 saturated carbocycles. The standard InChI is InChI=1S/C21H25N3O/c1-15-8-10-24(11-9-15)20-7-6-17(13-22-20)21(25)23-14-18-12-16-4-2-3-5-19(16)18/h2-7,13,15,18H,8-12,14H2,1H3,(H,23,25). The highest BCUT2D eigenvalue weighted by Gasteiger charge is 2.25. The van der Waals surface area contributed by atoms with Crippen LogP contribution in [0.5, 0.6) is 0 Å². The highest BCUT2D eigenvalue weighted by Crippen LogP contribution is 2.34. The van der Waals surface area contributed by atoms with Crippen LogP contribution in [0.2, 0.25) is 0 Å².